The first-order chi connectivity index (χ1) is 5.57. The number of ether oxygens (including phenoxy) is 1. The molecular weight excluding hydrogens is 128 g/mol. The first kappa shape index (κ1) is 5.96. The van der Waals surface area contributed by atoms with Gasteiger partial charge in [0.1, 0.15) is 0 Å². The number of hydrogen-bond acceptors (Lipinski definition) is 2. The van der Waals surface area contributed by atoms with Crippen molar-refractivity contribution in [1.29, 1.82) is 0 Å². The van der Waals surface area contributed by atoms with Crippen LogP contribution in [-0.4, -0.2) is 12.6 Å². The quantitative estimate of drug-likeness (QED) is 0.445. The Hall–Kier alpha value is -0.790. The molecule has 0 saturated carbocycles. The Balaban J connectivity index is 3.71. The average molecular weight is 144 g/mol. The van der Waals surface area contributed by atoms with Crippen molar-refractivity contribution in [2.24, 2.45) is 0 Å². The zero-order valence-corrected chi connectivity index (χ0v) is 6.44. The maximum Gasteiger partial charge on any atom is 0.302 e. The second-order valence-corrected chi connectivity index (χ2v) is 1.80. The fraction of sp³-hybridized carbons (Fsp3) is 0.625. The van der Waals surface area contributed by atoms with Crippen molar-refractivity contribution in [3.8, 4) is 0 Å². The van der Waals surface area contributed by atoms with Crippen LogP contribution in [0, 0.1) is 0 Å². The SMILES string of the molecule is [2H]/C(CC)=C(\[2H])CCOC(C)=O. The average Bonchev–Trinajstić information content (AvgIpc) is 2.02. The maximum absolute atomic E-state index is 10.3. The normalized spacial score (nSPS) is 15.0. The monoisotopic (exact) mass is 144 g/mol. The van der Waals surface area contributed by atoms with Gasteiger partial charge in [-0.25, -0.2) is 0 Å². The molecule has 0 aliphatic rings. The smallest absolute Gasteiger partial charge is 0.302 e. The topological polar surface area (TPSA) is 26.3 Å². The molecule has 2 heteroatoms. The highest BCUT2D eigenvalue weighted by Crippen LogP contribution is 1.87. The van der Waals surface area contributed by atoms with Gasteiger partial charge in [-0.1, -0.05) is 19.0 Å². The van der Waals surface area contributed by atoms with Gasteiger partial charge in [-0.15, -0.1) is 0 Å². The van der Waals surface area contributed by atoms with E-state index >= 15 is 0 Å². The summed E-state index contributed by atoms with van der Waals surface area (Å²) in [7, 11) is 0. The number of hydrogen-bond donors (Lipinski definition) is 0. The first-order valence-electron chi connectivity index (χ1n) is 4.36. The van der Waals surface area contributed by atoms with Crippen molar-refractivity contribution >= 4 is 5.97 Å². The predicted molar refractivity (Wildman–Crippen MR) is 40.7 cm³/mol. The van der Waals surface area contributed by atoms with E-state index in [1.807, 2.05) is 6.92 Å². The van der Waals surface area contributed by atoms with E-state index in [1.165, 1.54) is 6.92 Å². The van der Waals surface area contributed by atoms with Gasteiger partial charge in [0.05, 0.1) is 9.35 Å². The minimum atomic E-state index is -0.342. The maximum atomic E-state index is 10.3. The van der Waals surface area contributed by atoms with Crippen LogP contribution in [0.4, 0.5) is 0 Å². The highest BCUT2D eigenvalue weighted by Gasteiger charge is 1.87. The Morgan fingerprint density at radius 2 is 2.40 bits per heavy atom. The zero-order chi connectivity index (χ0) is 9.56. The van der Waals surface area contributed by atoms with E-state index in [-0.39, 0.29) is 18.6 Å². The molecule has 0 atom stereocenters. The standard InChI is InChI=1S/C8H14O2/c1-3-4-5-6-7-10-8(2)9/h4-5H,3,6-7H2,1-2H3/b5-4-/i4D,5D. The fourth-order valence-corrected chi connectivity index (χ4v) is 0.459. The van der Waals surface area contributed by atoms with Gasteiger partial charge < -0.3 is 4.74 Å². The second kappa shape index (κ2) is 6.33. The second-order valence-electron chi connectivity index (χ2n) is 1.80. The van der Waals surface area contributed by atoms with E-state index < -0.39 is 0 Å². The molecule has 0 aromatic heterocycles. The molecule has 0 radical (unpaired) electrons. The van der Waals surface area contributed by atoms with E-state index in [0.29, 0.717) is 18.9 Å². The van der Waals surface area contributed by atoms with Crippen LogP contribution in [0.3, 0.4) is 0 Å². The Morgan fingerprint density at radius 3 is 2.90 bits per heavy atom. The molecule has 0 saturated heterocycles. The molecule has 0 rings (SSSR count). The van der Waals surface area contributed by atoms with Crippen LogP contribution < -0.4 is 0 Å². The summed E-state index contributed by atoms with van der Waals surface area (Å²) in [5, 5.41) is 0. The number of esters is 1. The molecule has 0 unspecified atom stereocenters. The van der Waals surface area contributed by atoms with Crippen LogP contribution in [0.5, 0.6) is 0 Å². The van der Waals surface area contributed by atoms with Gasteiger partial charge in [0, 0.05) is 6.92 Å². The number of allylic oxidation sites excluding steroid dienone is 1. The Bertz CT molecular complexity index is 187. The van der Waals surface area contributed by atoms with Gasteiger partial charge in [-0.3, -0.25) is 4.79 Å². The van der Waals surface area contributed by atoms with Crippen LogP contribution in [0.15, 0.2) is 12.1 Å². The fourth-order valence-electron chi connectivity index (χ4n) is 0.459. The molecule has 0 N–H and O–H groups in total. The van der Waals surface area contributed by atoms with Crippen LogP contribution in [0.25, 0.3) is 0 Å². The summed E-state index contributed by atoms with van der Waals surface area (Å²) in [5.41, 5.74) is 0. The molecule has 0 fully saturated rings. The zero-order valence-electron chi connectivity index (χ0n) is 8.44. The molecule has 58 valence electrons. The van der Waals surface area contributed by atoms with E-state index in [9.17, 15) is 4.79 Å². The van der Waals surface area contributed by atoms with Crippen molar-refractivity contribution in [3.63, 3.8) is 0 Å². The third kappa shape index (κ3) is 7.21. The molecule has 0 amide bonds. The summed E-state index contributed by atoms with van der Waals surface area (Å²) in [6, 6.07) is 0.556. The van der Waals surface area contributed by atoms with Crippen molar-refractivity contribution in [1.82, 2.24) is 0 Å². The van der Waals surface area contributed by atoms with Gasteiger partial charge in [0.15, 0.2) is 0 Å². The molecule has 0 heterocycles. The molecule has 0 aliphatic heterocycles. The molecule has 0 bridgehead atoms. The third-order valence-corrected chi connectivity index (χ3v) is 0.834. The Labute approximate surface area is 64.7 Å². The van der Waals surface area contributed by atoms with E-state index in [1.54, 1.807) is 0 Å². The Kier molecular flexibility index (Phi) is 3.77. The molecule has 0 aliphatic carbocycles. The summed E-state index contributed by atoms with van der Waals surface area (Å²) in [4.78, 5) is 10.3. The van der Waals surface area contributed by atoms with Gasteiger partial charge >= 0.3 is 5.97 Å². The number of carbonyl (C=O) groups is 1. The van der Waals surface area contributed by atoms with Crippen LogP contribution >= 0.6 is 0 Å². The molecule has 0 spiro atoms. The van der Waals surface area contributed by atoms with Crippen LogP contribution in [-0.2, 0) is 9.53 Å². The van der Waals surface area contributed by atoms with Crippen molar-refractivity contribution in [3.05, 3.63) is 12.1 Å². The van der Waals surface area contributed by atoms with Crippen molar-refractivity contribution < 1.29 is 12.3 Å². The molecule has 0 aromatic rings. The lowest BCUT2D eigenvalue weighted by atomic mass is 10.3. The molecule has 10 heavy (non-hydrogen) atoms. The van der Waals surface area contributed by atoms with Crippen molar-refractivity contribution in [2.45, 2.75) is 26.7 Å². The highest BCUT2D eigenvalue weighted by molar-refractivity contribution is 5.65. The van der Waals surface area contributed by atoms with Gasteiger partial charge in [-0.05, 0) is 12.8 Å². The summed E-state index contributed by atoms with van der Waals surface area (Å²) < 4.78 is 19.2. The molecule has 0 aromatic carbocycles. The molecule has 2 nitrogen and oxygen atoms in total. The lowest BCUT2D eigenvalue weighted by Crippen LogP contribution is -1.98. The van der Waals surface area contributed by atoms with E-state index in [4.69, 9.17) is 2.74 Å². The van der Waals surface area contributed by atoms with E-state index in [2.05, 4.69) is 4.74 Å². The van der Waals surface area contributed by atoms with Gasteiger partial charge in [-0.2, -0.15) is 0 Å². The summed E-state index contributed by atoms with van der Waals surface area (Å²) in [6.07, 6.45) is 0.894. The first-order valence-corrected chi connectivity index (χ1v) is 3.36. The van der Waals surface area contributed by atoms with E-state index in [0.717, 1.165) is 0 Å². The lowest BCUT2D eigenvalue weighted by molar-refractivity contribution is -0.140. The minimum Gasteiger partial charge on any atom is -0.466 e. The third-order valence-electron chi connectivity index (χ3n) is 0.834. The summed E-state index contributed by atoms with van der Waals surface area (Å²) in [6.45, 7) is 3.36. The summed E-state index contributed by atoms with van der Waals surface area (Å²) >= 11 is 0. The Morgan fingerprint density at radius 1 is 1.70 bits per heavy atom. The van der Waals surface area contributed by atoms with Crippen LogP contribution in [0.2, 0.25) is 0 Å². The number of rotatable bonds is 4. The lowest BCUT2D eigenvalue weighted by Gasteiger charge is -1.95. The summed E-state index contributed by atoms with van der Waals surface area (Å²) in [5.74, 6) is -0.342. The predicted octanol–water partition coefficient (Wildman–Crippen LogP) is 1.91. The largest absolute Gasteiger partial charge is 0.466 e. The minimum absolute atomic E-state index is 0.205. The van der Waals surface area contributed by atoms with Gasteiger partial charge in [0.25, 0.3) is 0 Å². The number of carbonyl (C=O) groups excluding carboxylic acids is 1. The van der Waals surface area contributed by atoms with Crippen molar-refractivity contribution in [2.75, 3.05) is 6.61 Å². The highest BCUT2D eigenvalue weighted by atomic mass is 16.5. The molecular formula is C8H14O2. The van der Waals surface area contributed by atoms with Crippen LogP contribution in [0.1, 0.15) is 29.4 Å². The van der Waals surface area contributed by atoms with Gasteiger partial charge in [0.2, 0.25) is 0 Å².